The summed E-state index contributed by atoms with van der Waals surface area (Å²) in [4.78, 5) is 14.5. The second-order valence-corrected chi connectivity index (χ2v) is 6.87. The number of halogens is 2. The van der Waals surface area contributed by atoms with E-state index in [-0.39, 0.29) is 5.91 Å². The molecule has 0 bridgehead atoms. The Kier molecular flexibility index (Phi) is 5.37. The Morgan fingerprint density at radius 3 is 2.58 bits per heavy atom. The van der Waals surface area contributed by atoms with Gasteiger partial charge in [-0.1, -0.05) is 12.1 Å². The minimum absolute atomic E-state index is 0.332. The maximum Gasteiger partial charge on any atom is 0.257 e. The van der Waals surface area contributed by atoms with Crippen molar-refractivity contribution in [2.24, 2.45) is 0 Å². The Hall–Kier alpha value is -2.67. The van der Waals surface area contributed by atoms with E-state index in [0.717, 1.165) is 11.3 Å². The van der Waals surface area contributed by atoms with Crippen molar-refractivity contribution < 1.29 is 9.18 Å². The summed E-state index contributed by atoms with van der Waals surface area (Å²) in [7, 11) is 3.98. The van der Waals surface area contributed by atoms with E-state index in [1.54, 1.807) is 16.9 Å². The molecule has 0 fully saturated rings. The van der Waals surface area contributed by atoms with Crippen LogP contribution < -0.4 is 10.2 Å². The van der Waals surface area contributed by atoms with E-state index in [1.807, 2.05) is 43.3 Å². The maximum absolute atomic E-state index is 13.2. The fraction of sp³-hybridized carbons (Fsp3) is 0.158. The molecule has 3 aromatic rings. The molecular weight excluding hydrogens is 399 g/mol. The molecule has 0 aliphatic rings. The first-order chi connectivity index (χ1) is 12.4. The molecule has 0 saturated carbocycles. The number of anilines is 2. The molecule has 1 aromatic heterocycles. The third-order valence-corrected chi connectivity index (χ3v) is 4.58. The lowest BCUT2D eigenvalue weighted by atomic mass is 10.2. The molecule has 7 heteroatoms. The summed E-state index contributed by atoms with van der Waals surface area (Å²) in [5.74, 6) is -0.163. The zero-order valence-electron chi connectivity index (χ0n) is 14.4. The molecule has 0 radical (unpaired) electrons. The molecule has 1 heterocycles. The summed E-state index contributed by atoms with van der Waals surface area (Å²) in [5.41, 5.74) is 2.54. The number of nitrogens with one attached hydrogen (secondary N) is 1. The van der Waals surface area contributed by atoms with Gasteiger partial charge >= 0.3 is 0 Å². The quantitative estimate of drug-likeness (QED) is 0.679. The first-order valence-corrected chi connectivity index (χ1v) is 8.78. The van der Waals surface area contributed by atoms with Gasteiger partial charge in [0.25, 0.3) is 5.91 Å². The highest BCUT2D eigenvalue weighted by atomic mass is 79.9. The van der Waals surface area contributed by atoms with Crippen molar-refractivity contribution in [3.05, 3.63) is 76.1 Å². The summed E-state index contributed by atoms with van der Waals surface area (Å²) >= 11 is 3.22. The number of amides is 1. The molecule has 3 rings (SSSR count). The highest BCUT2D eigenvalue weighted by molar-refractivity contribution is 9.10. The predicted octanol–water partition coefficient (Wildman–Crippen LogP) is 4.15. The number of nitrogens with zero attached hydrogens (tertiary/aromatic N) is 3. The van der Waals surface area contributed by atoms with E-state index < -0.39 is 5.82 Å². The summed E-state index contributed by atoms with van der Waals surface area (Å²) in [6, 6.07) is 13.8. The lowest BCUT2D eigenvalue weighted by molar-refractivity contribution is 0.102. The van der Waals surface area contributed by atoms with Crippen molar-refractivity contribution in [2.75, 3.05) is 24.3 Å². The lowest BCUT2D eigenvalue weighted by Gasteiger charge is -2.13. The zero-order valence-corrected chi connectivity index (χ0v) is 16.0. The number of carbonyl (C=O) groups excluding carboxylic acids is 1. The van der Waals surface area contributed by atoms with Crippen molar-refractivity contribution in [1.82, 2.24) is 9.78 Å². The number of benzene rings is 2. The van der Waals surface area contributed by atoms with Crippen LogP contribution in [0, 0.1) is 5.82 Å². The molecule has 0 atom stereocenters. The molecule has 1 N–H and O–H groups in total. The highest BCUT2D eigenvalue weighted by Crippen LogP contribution is 2.20. The Morgan fingerprint density at radius 2 is 1.92 bits per heavy atom. The third kappa shape index (κ3) is 4.11. The Bertz CT molecular complexity index is 922. The summed E-state index contributed by atoms with van der Waals surface area (Å²) < 4.78 is 15.3. The highest BCUT2D eigenvalue weighted by Gasteiger charge is 2.13. The monoisotopic (exact) mass is 416 g/mol. The van der Waals surface area contributed by atoms with Gasteiger partial charge in [0.2, 0.25) is 0 Å². The molecule has 26 heavy (non-hydrogen) atoms. The minimum Gasteiger partial charge on any atom is -0.378 e. The van der Waals surface area contributed by atoms with Crippen molar-refractivity contribution >= 4 is 33.3 Å². The van der Waals surface area contributed by atoms with Gasteiger partial charge in [-0.2, -0.15) is 5.10 Å². The van der Waals surface area contributed by atoms with Gasteiger partial charge in [-0.3, -0.25) is 4.79 Å². The van der Waals surface area contributed by atoms with Crippen LogP contribution in [-0.4, -0.2) is 29.8 Å². The van der Waals surface area contributed by atoms with Crippen LogP contribution in [0.2, 0.25) is 0 Å². The SMILES string of the molecule is CN(C)c1ccc(Cn2nccc2NC(=O)c2ccc(F)cc2Br)cc1. The smallest absolute Gasteiger partial charge is 0.257 e. The topological polar surface area (TPSA) is 50.2 Å². The van der Waals surface area contributed by atoms with Crippen molar-refractivity contribution in [2.45, 2.75) is 6.54 Å². The van der Waals surface area contributed by atoms with Crippen molar-refractivity contribution in [3.63, 3.8) is 0 Å². The van der Waals surface area contributed by atoms with Crippen LogP contribution >= 0.6 is 15.9 Å². The Balaban J connectivity index is 1.75. The van der Waals surface area contributed by atoms with Crippen LogP contribution in [0.3, 0.4) is 0 Å². The van der Waals surface area contributed by atoms with Gasteiger partial charge in [0, 0.05) is 30.3 Å². The van der Waals surface area contributed by atoms with E-state index in [1.165, 1.54) is 18.2 Å². The van der Waals surface area contributed by atoms with E-state index in [0.29, 0.717) is 22.4 Å². The summed E-state index contributed by atoms with van der Waals surface area (Å²) in [6.45, 7) is 0.529. The van der Waals surface area contributed by atoms with Gasteiger partial charge < -0.3 is 10.2 Å². The zero-order chi connectivity index (χ0) is 18.7. The van der Waals surface area contributed by atoms with Gasteiger partial charge in [0.1, 0.15) is 11.6 Å². The second-order valence-electron chi connectivity index (χ2n) is 6.01. The number of aromatic nitrogens is 2. The first kappa shape index (κ1) is 18.1. The third-order valence-electron chi connectivity index (χ3n) is 3.92. The largest absolute Gasteiger partial charge is 0.378 e. The number of hydrogen-bond acceptors (Lipinski definition) is 3. The van der Waals surface area contributed by atoms with E-state index in [2.05, 4.69) is 26.3 Å². The van der Waals surface area contributed by atoms with Crippen LogP contribution in [0.5, 0.6) is 0 Å². The fourth-order valence-corrected chi connectivity index (χ4v) is 3.03. The van der Waals surface area contributed by atoms with Crippen LogP contribution in [0.4, 0.5) is 15.9 Å². The Morgan fingerprint density at radius 1 is 1.19 bits per heavy atom. The van der Waals surface area contributed by atoms with E-state index >= 15 is 0 Å². The molecule has 0 spiro atoms. The van der Waals surface area contributed by atoms with Crippen LogP contribution in [0.15, 0.2) is 59.2 Å². The van der Waals surface area contributed by atoms with Crippen LogP contribution in [0.1, 0.15) is 15.9 Å². The van der Waals surface area contributed by atoms with E-state index in [9.17, 15) is 9.18 Å². The molecule has 134 valence electrons. The number of carbonyl (C=O) groups is 1. The molecular formula is C19H18BrFN4O. The van der Waals surface area contributed by atoms with Crippen LogP contribution in [-0.2, 0) is 6.54 Å². The summed E-state index contributed by atoms with van der Waals surface area (Å²) in [5, 5.41) is 7.09. The standard InChI is InChI=1S/C19H18BrFN4O/c1-24(2)15-6-3-13(4-7-15)12-25-18(9-10-22-25)23-19(26)16-8-5-14(21)11-17(16)20/h3-11H,12H2,1-2H3,(H,23,26). The molecule has 2 aromatic carbocycles. The van der Waals surface area contributed by atoms with Gasteiger partial charge in [0.05, 0.1) is 18.3 Å². The minimum atomic E-state index is -0.403. The van der Waals surface area contributed by atoms with Gasteiger partial charge in [0.15, 0.2) is 0 Å². The maximum atomic E-state index is 13.2. The molecule has 0 aliphatic carbocycles. The molecule has 5 nitrogen and oxygen atoms in total. The molecule has 0 aliphatic heterocycles. The van der Waals surface area contributed by atoms with Gasteiger partial charge in [-0.25, -0.2) is 9.07 Å². The summed E-state index contributed by atoms with van der Waals surface area (Å²) in [6.07, 6.45) is 1.63. The number of hydrogen-bond donors (Lipinski definition) is 1. The normalized spacial score (nSPS) is 10.6. The molecule has 0 unspecified atom stereocenters. The van der Waals surface area contributed by atoms with Crippen molar-refractivity contribution in [3.8, 4) is 0 Å². The average Bonchev–Trinajstić information content (AvgIpc) is 3.02. The first-order valence-electron chi connectivity index (χ1n) is 7.98. The van der Waals surface area contributed by atoms with Crippen LogP contribution in [0.25, 0.3) is 0 Å². The Labute approximate surface area is 159 Å². The van der Waals surface area contributed by atoms with Crippen molar-refractivity contribution in [1.29, 1.82) is 0 Å². The van der Waals surface area contributed by atoms with E-state index in [4.69, 9.17) is 0 Å². The predicted molar refractivity (Wildman–Crippen MR) is 104 cm³/mol. The molecule has 1 amide bonds. The lowest BCUT2D eigenvalue weighted by Crippen LogP contribution is -2.16. The van der Waals surface area contributed by atoms with Gasteiger partial charge in [-0.15, -0.1) is 0 Å². The second kappa shape index (κ2) is 7.70. The fourth-order valence-electron chi connectivity index (χ4n) is 2.49. The number of rotatable bonds is 5. The van der Waals surface area contributed by atoms with Gasteiger partial charge in [-0.05, 0) is 51.8 Å². The average molecular weight is 417 g/mol. The molecule has 0 saturated heterocycles.